The maximum atomic E-state index is 11.4. The number of methoxy groups -OCH3 is 1. The van der Waals surface area contributed by atoms with Crippen molar-refractivity contribution in [2.45, 2.75) is 31.2 Å². The van der Waals surface area contributed by atoms with Crippen molar-refractivity contribution < 1.29 is 9.53 Å². The summed E-state index contributed by atoms with van der Waals surface area (Å²) in [6, 6.07) is -0.607. The summed E-state index contributed by atoms with van der Waals surface area (Å²) < 4.78 is 4.67. The van der Waals surface area contributed by atoms with Gasteiger partial charge < -0.3 is 15.5 Å². The number of esters is 1. The predicted molar refractivity (Wildman–Crippen MR) is 54.2 cm³/mol. The van der Waals surface area contributed by atoms with E-state index in [9.17, 15) is 4.79 Å². The first-order valence-corrected chi connectivity index (χ1v) is 4.95. The van der Waals surface area contributed by atoms with Crippen molar-refractivity contribution in [3.8, 4) is 0 Å². The smallest absolute Gasteiger partial charge is 0.323 e. The molecule has 82 valence electrons. The summed E-state index contributed by atoms with van der Waals surface area (Å²) in [7, 11) is 1.36. The van der Waals surface area contributed by atoms with Crippen LogP contribution in [-0.2, 0) is 14.9 Å². The van der Waals surface area contributed by atoms with Crippen LogP contribution >= 0.6 is 0 Å². The summed E-state index contributed by atoms with van der Waals surface area (Å²) in [6.45, 7) is 1.94. The largest absolute Gasteiger partial charge is 0.468 e. The quantitative estimate of drug-likeness (QED) is 0.699. The Bertz CT molecular complexity index is 382. The molecule has 5 nitrogen and oxygen atoms in total. The number of rotatable bonds is 3. The highest BCUT2D eigenvalue weighted by molar-refractivity contribution is 5.78. The number of ether oxygens (including phenoxy) is 1. The van der Waals surface area contributed by atoms with Gasteiger partial charge in [-0.25, -0.2) is 4.98 Å². The van der Waals surface area contributed by atoms with E-state index in [-0.39, 0.29) is 11.4 Å². The van der Waals surface area contributed by atoms with E-state index < -0.39 is 6.04 Å². The van der Waals surface area contributed by atoms with Gasteiger partial charge in [0.05, 0.1) is 19.1 Å². The third kappa shape index (κ3) is 1.43. The van der Waals surface area contributed by atoms with E-state index in [2.05, 4.69) is 14.7 Å². The van der Waals surface area contributed by atoms with E-state index >= 15 is 0 Å². The molecule has 0 aromatic carbocycles. The van der Waals surface area contributed by atoms with Gasteiger partial charge in [0.15, 0.2) is 0 Å². The lowest BCUT2D eigenvalue weighted by molar-refractivity contribution is -0.143. The number of carbonyl (C=O) groups is 1. The molecule has 2 rings (SSSR count). The van der Waals surface area contributed by atoms with E-state index in [1.165, 1.54) is 7.11 Å². The van der Waals surface area contributed by atoms with Crippen molar-refractivity contribution in [2.24, 2.45) is 5.73 Å². The first kappa shape index (κ1) is 10.2. The average Bonchev–Trinajstić information content (AvgIpc) is 2.94. The molecule has 5 heteroatoms. The molecule has 15 heavy (non-hydrogen) atoms. The van der Waals surface area contributed by atoms with Crippen LogP contribution in [0.3, 0.4) is 0 Å². The monoisotopic (exact) mass is 209 g/mol. The maximum Gasteiger partial charge on any atom is 0.323 e. The highest BCUT2D eigenvalue weighted by Crippen LogP contribution is 2.50. The number of hydrogen-bond acceptors (Lipinski definition) is 4. The van der Waals surface area contributed by atoms with Crippen LogP contribution in [0.1, 0.15) is 24.2 Å². The van der Waals surface area contributed by atoms with Crippen LogP contribution in [0.4, 0.5) is 0 Å². The Labute approximate surface area is 88.0 Å². The fraction of sp³-hybridized carbons (Fsp3) is 0.600. The van der Waals surface area contributed by atoms with Crippen LogP contribution in [0.15, 0.2) is 6.33 Å². The Balaban J connectivity index is 2.28. The molecule has 1 aromatic heterocycles. The summed E-state index contributed by atoms with van der Waals surface area (Å²) >= 11 is 0. The summed E-state index contributed by atoms with van der Waals surface area (Å²) in [5.74, 6) is -0.366. The Morgan fingerprint density at radius 1 is 1.73 bits per heavy atom. The molecule has 1 heterocycles. The SMILES string of the molecule is COC(=O)C(N)C1(c2nc[nH]c2C)CC1. The van der Waals surface area contributed by atoms with Crippen molar-refractivity contribution in [1.82, 2.24) is 9.97 Å². The van der Waals surface area contributed by atoms with Gasteiger partial charge in [-0.1, -0.05) is 0 Å². The van der Waals surface area contributed by atoms with Crippen LogP contribution in [0, 0.1) is 6.92 Å². The van der Waals surface area contributed by atoms with Gasteiger partial charge in [0.25, 0.3) is 0 Å². The van der Waals surface area contributed by atoms with E-state index in [0.29, 0.717) is 0 Å². The van der Waals surface area contributed by atoms with Crippen LogP contribution in [-0.4, -0.2) is 29.1 Å². The lowest BCUT2D eigenvalue weighted by Crippen LogP contribution is -2.43. The zero-order valence-electron chi connectivity index (χ0n) is 8.91. The summed E-state index contributed by atoms with van der Waals surface area (Å²) in [6.07, 6.45) is 3.43. The van der Waals surface area contributed by atoms with Gasteiger partial charge in [-0.3, -0.25) is 4.79 Å². The molecule has 0 aliphatic heterocycles. The predicted octanol–water partition coefficient (Wildman–Crippen LogP) is 0.250. The maximum absolute atomic E-state index is 11.4. The molecule has 0 amide bonds. The molecule has 1 atom stereocenters. The van der Waals surface area contributed by atoms with Crippen molar-refractivity contribution in [3.63, 3.8) is 0 Å². The number of nitrogens with zero attached hydrogens (tertiary/aromatic N) is 1. The fourth-order valence-corrected chi connectivity index (χ4v) is 2.04. The zero-order valence-corrected chi connectivity index (χ0v) is 8.91. The second-order valence-electron chi connectivity index (χ2n) is 4.03. The summed E-state index contributed by atoms with van der Waals surface area (Å²) in [5.41, 5.74) is 7.49. The third-order valence-corrected chi connectivity index (χ3v) is 3.14. The average molecular weight is 209 g/mol. The number of nitrogens with one attached hydrogen (secondary N) is 1. The van der Waals surface area contributed by atoms with Gasteiger partial charge in [-0.05, 0) is 19.8 Å². The first-order valence-electron chi connectivity index (χ1n) is 4.95. The molecule has 1 aliphatic rings. The molecular weight excluding hydrogens is 194 g/mol. The van der Waals surface area contributed by atoms with Crippen LogP contribution in [0.5, 0.6) is 0 Å². The summed E-state index contributed by atoms with van der Waals surface area (Å²) in [4.78, 5) is 18.7. The Kier molecular flexibility index (Phi) is 2.26. The van der Waals surface area contributed by atoms with Crippen LogP contribution in [0.25, 0.3) is 0 Å². The van der Waals surface area contributed by atoms with Crippen LogP contribution in [0.2, 0.25) is 0 Å². The topological polar surface area (TPSA) is 81.0 Å². The molecule has 0 saturated heterocycles. The molecule has 3 N–H and O–H groups in total. The van der Waals surface area contributed by atoms with Crippen molar-refractivity contribution in [3.05, 3.63) is 17.7 Å². The molecule has 1 fully saturated rings. The van der Waals surface area contributed by atoms with E-state index in [1.54, 1.807) is 6.33 Å². The highest BCUT2D eigenvalue weighted by Gasteiger charge is 2.54. The van der Waals surface area contributed by atoms with Gasteiger partial charge in [0.1, 0.15) is 6.04 Å². The van der Waals surface area contributed by atoms with Crippen molar-refractivity contribution in [2.75, 3.05) is 7.11 Å². The van der Waals surface area contributed by atoms with Gasteiger partial charge in [0, 0.05) is 11.1 Å². The number of nitrogens with two attached hydrogens (primary N) is 1. The lowest BCUT2D eigenvalue weighted by atomic mass is 9.92. The number of aryl methyl sites for hydroxylation is 1. The molecule has 0 bridgehead atoms. The lowest BCUT2D eigenvalue weighted by Gasteiger charge is -2.19. The minimum absolute atomic E-state index is 0.294. The minimum atomic E-state index is -0.607. The number of imidazole rings is 1. The second kappa shape index (κ2) is 3.34. The standard InChI is InChI=1S/C10H15N3O2/c1-6-8(13-5-12-6)10(3-4-10)7(11)9(14)15-2/h5,7H,3-4,11H2,1-2H3,(H,12,13). The molecule has 1 saturated carbocycles. The molecule has 1 unspecified atom stereocenters. The Morgan fingerprint density at radius 2 is 2.40 bits per heavy atom. The Morgan fingerprint density at radius 3 is 2.80 bits per heavy atom. The molecule has 0 spiro atoms. The van der Waals surface area contributed by atoms with Crippen molar-refractivity contribution >= 4 is 5.97 Å². The fourth-order valence-electron chi connectivity index (χ4n) is 2.04. The van der Waals surface area contributed by atoms with E-state index in [4.69, 9.17) is 5.73 Å². The first-order chi connectivity index (χ1) is 7.12. The number of carbonyl (C=O) groups excluding carboxylic acids is 1. The molecule has 1 aliphatic carbocycles. The van der Waals surface area contributed by atoms with Gasteiger partial charge in [-0.15, -0.1) is 0 Å². The Hall–Kier alpha value is -1.36. The molecule has 1 aromatic rings. The van der Waals surface area contributed by atoms with E-state index in [0.717, 1.165) is 24.2 Å². The van der Waals surface area contributed by atoms with Gasteiger partial charge >= 0.3 is 5.97 Å². The second-order valence-corrected chi connectivity index (χ2v) is 4.03. The number of aromatic amines is 1. The minimum Gasteiger partial charge on any atom is -0.468 e. The molecule has 0 radical (unpaired) electrons. The number of H-pyrrole nitrogens is 1. The molecular formula is C10H15N3O2. The number of aromatic nitrogens is 2. The van der Waals surface area contributed by atoms with Gasteiger partial charge in [-0.2, -0.15) is 0 Å². The summed E-state index contributed by atoms with van der Waals surface area (Å²) in [5, 5.41) is 0. The zero-order chi connectivity index (χ0) is 11.1. The van der Waals surface area contributed by atoms with E-state index in [1.807, 2.05) is 6.92 Å². The van der Waals surface area contributed by atoms with Crippen molar-refractivity contribution in [1.29, 1.82) is 0 Å². The van der Waals surface area contributed by atoms with Crippen LogP contribution < -0.4 is 5.73 Å². The highest BCUT2D eigenvalue weighted by atomic mass is 16.5. The normalized spacial score (nSPS) is 19.7. The van der Waals surface area contributed by atoms with Gasteiger partial charge in [0.2, 0.25) is 0 Å². The number of hydrogen-bond donors (Lipinski definition) is 2. The third-order valence-electron chi connectivity index (χ3n) is 3.14.